The summed E-state index contributed by atoms with van der Waals surface area (Å²) in [6, 6.07) is 0. The van der Waals surface area contributed by atoms with Gasteiger partial charge in [-0.15, -0.1) is 0 Å². The molecule has 0 atom stereocenters. The summed E-state index contributed by atoms with van der Waals surface area (Å²) in [7, 11) is 0. The first-order chi connectivity index (χ1) is 4.41. The smallest absolute Gasteiger partial charge is 0.0465 e. The zero-order valence-electron chi connectivity index (χ0n) is 6.97. The normalized spacial score (nSPS) is 9.00. The summed E-state index contributed by atoms with van der Waals surface area (Å²) >= 11 is 0. The molecule has 2 heteroatoms. The third-order valence-electron chi connectivity index (χ3n) is 1.28. The van der Waals surface area contributed by atoms with Crippen LogP contribution in [0.1, 0.15) is 39.5 Å². The van der Waals surface area contributed by atoms with E-state index in [0.717, 1.165) is 13.2 Å². The molecular weight excluding hydrogens is 219 g/mol. The minimum atomic E-state index is 0. The Morgan fingerprint density at radius 2 is 1.30 bits per heavy atom. The number of ether oxygens (including phenoxy) is 1. The molecule has 0 bridgehead atoms. The van der Waals surface area contributed by atoms with Crippen molar-refractivity contribution in [2.45, 2.75) is 39.5 Å². The van der Waals surface area contributed by atoms with Crippen LogP contribution in [-0.2, 0) is 25.2 Å². The third-order valence-corrected chi connectivity index (χ3v) is 1.28. The van der Waals surface area contributed by atoms with Gasteiger partial charge in [0.15, 0.2) is 0 Å². The molecule has 0 heterocycles. The first-order valence-electron chi connectivity index (χ1n) is 3.99. The molecule has 0 aromatic heterocycles. The van der Waals surface area contributed by atoms with Gasteiger partial charge < -0.3 is 4.74 Å². The average molecular weight is 237 g/mol. The Kier molecular flexibility index (Phi) is 16.3. The van der Waals surface area contributed by atoms with Gasteiger partial charge in [-0.3, -0.25) is 0 Å². The minimum absolute atomic E-state index is 0. The van der Waals surface area contributed by atoms with E-state index in [2.05, 4.69) is 13.8 Å². The molecule has 0 saturated heterocycles. The number of hydrogen-bond acceptors (Lipinski definition) is 1. The minimum Gasteiger partial charge on any atom is -0.381 e. The van der Waals surface area contributed by atoms with E-state index < -0.39 is 0 Å². The molecule has 0 unspecified atom stereocenters. The Morgan fingerprint density at radius 1 is 0.900 bits per heavy atom. The van der Waals surface area contributed by atoms with Crippen molar-refractivity contribution in [1.29, 1.82) is 0 Å². The Bertz CT molecular complexity index is 42.5. The van der Waals surface area contributed by atoms with Crippen molar-refractivity contribution >= 4 is 0 Å². The van der Waals surface area contributed by atoms with Gasteiger partial charge in [0.05, 0.1) is 0 Å². The fraction of sp³-hybridized carbons (Fsp3) is 1.00. The molecule has 1 nitrogen and oxygen atoms in total. The van der Waals surface area contributed by atoms with Crippen LogP contribution in [0.3, 0.4) is 0 Å². The van der Waals surface area contributed by atoms with E-state index in [1.54, 1.807) is 0 Å². The largest absolute Gasteiger partial charge is 0.381 e. The molecule has 0 aliphatic carbocycles. The van der Waals surface area contributed by atoms with Crippen LogP contribution in [0, 0.1) is 0 Å². The van der Waals surface area contributed by atoms with Gasteiger partial charge in [0.1, 0.15) is 0 Å². The van der Waals surface area contributed by atoms with Crippen LogP contribution in [0.2, 0.25) is 0 Å². The summed E-state index contributed by atoms with van der Waals surface area (Å²) in [6.07, 6.45) is 4.91. The molecule has 10 heavy (non-hydrogen) atoms. The van der Waals surface area contributed by atoms with Crippen LogP contribution >= 0.6 is 0 Å². The van der Waals surface area contributed by atoms with Crippen molar-refractivity contribution in [3.05, 3.63) is 0 Å². The maximum Gasteiger partial charge on any atom is 0.0465 e. The molecule has 66 valence electrons. The summed E-state index contributed by atoms with van der Waals surface area (Å²) in [5.74, 6) is 0. The van der Waals surface area contributed by atoms with E-state index in [1.807, 2.05) is 0 Å². The van der Waals surface area contributed by atoms with E-state index in [9.17, 15) is 0 Å². The van der Waals surface area contributed by atoms with Crippen molar-refractivity contribution in [2.24, 2.45) is 0 Å². The van der Waals surface area contributed by atoms with Gasteiger partial charge in [0.2, 0.25) is 0 Å². The summed E-state index contributed by atoms with van der Waals surface area (Å²) in [6.45, 7) is 6.28. The van der Waals surface area contributed by atoms with Gasteiger partial charge in [-0.1, -0.05) is 26.7 Å². The van der Waals surface area contributed by atoms with Crippen LogP contribution in [0.4, 0.5) is 0 Å². The van der Waals surface area contributed by atoms with Crippen molar-refractivity contribution < 1.29 is 25.2 Å². The first kappa shape index (κ1) is 13.2. The van der Waals surface area contributed by atoms with Crippen LogP contribution in [0.5, 0.6) is 0 Å². The van der Waals surface area contributed by atoms with E-state index in [1.165, 1.54) is 25.7 Å². The van der Waals surface area contributed by atoms with Gasteiger partial charge in [-0.2, -0.15) is 0 Å². The maximum absolute atomic E-state index is 5.31. The standard InChI is InChI=1S/C8H18O.Pd/c1-3-5-7-9-8-6-4-2;/h3-8H2,1-2H3;. The second kappa shape index (κ2) is 12.3. The predicted octanol–water partition coefficient (Wildman–Crippen LogP) is 2.60. The molecule has 0 fully saturated rings. The fourth-order valence-electron chi connectivity index (χ4n) is 0.595. The van der Waals surface area contributed by atoms with Gasteiger partial charge in [-0.05, 0) is 12.8 Å². The molecule has 0 saturated carbocycles. The van der Waals surface area contributed by atoms with Gasteiger partial charge in [0.25, 0.3) is 0 Å². The molecule has 0 spiro atoms. The molecule has 0 amide bonds. The second-order valence-corrected chi connectivity index (χ2v) is 2.32. The molecule has 0 rings (SSSR count). The molecule has 0 aliphatic rings. The molecule has 0 N–H and O–H groups in total. The van der Waals surface area contributed by atoms with Gasteiger partial charge in [-0.25, -0.2) is 0 Å². The van der Waals surface area contributed by atoms with Crippen molar-refractivity contribution in [2.75, 3.05) is 13.2 Å². The average Bonchev–Trinajstić information content (AvgIpc) is 1.89. The summed E-state index contributed by atoms with van der Waals surface area (Å²) < 4.78 is 5.31. The number of hydrogen-bond donors (Lipinski definition) is 0. The predicted molar refractivity (Wildman–Crippen MR) is 40.6 cm³/mol. The third kappa shape index (κ3) is 11.4. The summed E-state index contributed by atoms with van der Waals surface area (Å²) in [4.78, 5) is 0. The van der Waals surface area contributed by atoms with E-state index >= 15 is 0 Å². The first-order valence-corrected chi connectivity index (χ1v) is 3.99. The van der Waals surface area contributed by atoms with Crippen LogP contribution in [0.25, 0.3) is 0 Å². The van der Waals surface area contributed by atoms with Crippen LogP contribution in [0.15, 0.2) is 0 Å². The number of unbranched alkanes of at least 4 members (excludes halogenated alkanes) is 2. The Balaban J connectivity index is 0. The van der Waals surface area contributed by atoms with Crippen molar-refractivity contribution in [1.82, 2.24) is 0 Å². The topological polar surface area (TPSA) is 9.23 Å². The molecule has 0 aromatic rings. The van der Waals surface area contributed by atoms with Crippen LogP contribution in [-0.4, -0.2) is 13.2 Å². The molecule has 0 radical (unpaired) electrons. The summed E-state index contributed by atoms with van der Waals surface area (Å²) in [5, 5.41) is 0. The van der Waals surface area contributed by atoms with E-state index in [-0.39, 0.29) is 20.4 Å². The van der Waals surface area contributed by atoms with Gasteiger partial charge in [0, 0.05) is 33.6 Å². The quantitative estimate of drug-likeness (QED) is 0.509. The maximum atomic E-state index is 5.31. The Morgan fingerprint density at radius 3 is 1.60 bits per heavy atom. The van der Waals surface area contributed by atoms with Gasteiger partial charge >= 0.3 is 0 Å². The zero-order chi connectivity index (χ0) is 6.95. The van der Waals surface area contributed by atoms with Crippen molar-refractivity contribution in [3.8, 4) is 0 Å². The molecule has 0 aromatic carbocycles. The molecular formula is C8H18OPd. The van der Waals surface area contributed by atoms with Crippen molar-refractivity contribution in [3.63, 3.8) is 0 Å². The fourth-order valence-corrected chi connectivity index (χ4v) is 0.595. The van der Waals surface area contributed by atoms with E-state index in [4.69, 9.17) is 4.74 Å². The summed E-state index contributed by atoms with van der Waals surface area (Å²) in [5.41, 5.74) is 0. The second-order valence-electron chi connectivity index (χ2n) is 2.32. The SMILES string of the molecule is CCCCOCCCC.[Pd]. The zero-order valence-corrected chi connectivity index (χ0v) is 8.52. The van der Waals surface area contributed by atoms with Crippen LogP contribution < -0.4 is 0 Å². The van der Waals surface area contributed by atoms with E-state index in [0.29, 0.717) is 0 Å². The molecule has 0 aliphatic heterocycles. The Labute approximate surface area is 78.2 Å². The monoisotopic (exact) mass is 236 g/mol. The number of rotatable bonds is 6. The Hall–Kier alpha value is 0.622.